The number of aliphatic hydroxyl groups excluding tert-OH is 1. The first-order valence-electron chi connectivity index (χ1n) is 13.1. The van der Waals surface area contributed by atoms with Crippen molar-refractivity contribution >= 4 is 22.9 Å². The van der Waals surface area contributed by atoms with E-state index in [-0.39, 0.29) is 29.8 Å². The number of hydrogen-bond donors (Lipinski definition) is 2. The molecule has 1 spiro atoms. The van der Waals surface area contributed by atoms with Gasteiger partial charge in [-0.1, -0.05) is 0 Å². The molecule has 0 bridgehead atoms. The molecule has 3 fully saturated rings. The summed E-state index contributed by atoms with van der Waals surface area (Å²) >= 11 is 0. The van der Waals surface area contributed by atoms with Crippen LogP contribution in [0.3, 0.4) is 0 Å². The van der Waals surface area contributed by atoms with Crippen molar-refractivity contribution in [3.8, 4) is 0 Å². The molecule has 35 heavy (non-hydrogen) atoms. The van der Waals surface area contributed by atoms with Crippen molar-refractivity contribution in [3.05, 3.63) is 6.33 Å². The highest BCUT2D eigenvalue weighted by atomic mass is 16.5. The van der Waals surface area contributed by atoms with Gasteiger partial charge in [-0.25, -0.2) is 4.98 Å². The number of imidazole rings is 1. The number of anilines is 2. The zero-order valence-corrected chi connectivity index (χ0v) is 21.6. The molecule has 0 radical (unpaired) electrons. The number of rotatable bonds is 8. The summed E-state index contributed by atoms with van der Waals surface area (Å²) in [5, 5.41) is 13.3. The molecule has 0 unspecified atom stereocenters. The Labute approximate surface area is 208 Å². The van der Waals surface area contributed by atoms with E-state index >= 15 is 0 Å². The summed E-state index contributed by atoms with van der Waals surface area (Å²) < 4.78 is 13.7. The van der Waals surface area contributed by atoms with E-state index in [1.807, 2.05) is 20.5 Å². The summed E-state index contributed by atoms with van der Waals surface area (Å²) in [5.41, 5.74) is 1.80. The van der Waals surface area contributed by atoms with Crippen LogP contribution in [0.2, 0.25) is 0 Å². The Hall–Kier alpha value is -2.01. The van der Waals surface area contributed by atoms with Gasteiger partial charge in [-0.05, 0) is 39.5 Å². The number of fused-ring (bicyclic) bond motifs is 1. The van der Waals surface area contributed by atoms with Crippen LogP contribution in [-0.2, 0) is 9.47 Å². The van der Waals surface area contributed by atoms with Crippen molar-refractivity contribution in [3.63, 3.8) is 0 Å². The van der Waals surface area contributed by atoms with Gasteiger partial charge in [0.2, 0.25) is 5.95 Å². The molecule has 2 aliphatic heterocycles. The van der Waals surface area contributed by atoms with Crippen molar-refractivity contribution in [2.24, 2.45) is 5.41 Å². The van der Waals surface area contributed by atoms with Crippen molar-refractivity contribution in [1.82, 2.24) is 24.4 Å². The molecule has 2 N–H and O–H groups in total. The fourth-order valence-corrected chi connectivity index (χ4v) is 6.16. The van der Waals surface area contributed by atoms with E-state index < -0.39 is 0 Å². The third kappa shape index (κ3) is 4.61. The summed E-state index contributed by atoms with van der Waals surface area (Å²) in [4.78, 5) is 19.3. The number of hydrogen-bond acceptors (Lipinski definition) is 9. The van der Waals surface area contributed by atoms with E-state index in [9.17, 15) is 5.11 Å². The molecular weight excluding hydrogens is 446 g/mol. The second-order valence-corrected chi connectivity index (χ2v) is 10.7. The van der Waals surface area contributed by atoms with E-state index in [0.29, 0.717) is 0 Å². The molecule has 1 saturated carbocycles. The van der Waals surface area contributed by atoms with Gasteiger partial charge in [0.25, 0.3) is 0 Å². The fraction of sp³-hybridized carbons (Fsp3) is 0.800. The van der Waals surface area contributed by atoms with Gasteiger partial charge in [0.1, 0.15) is 0 Å². The zero-order chi connectivity index (χ0) is 24.6. The second kappa shape index (κ2) is 10.2. The van der Waals surface area contributed by atoms with Crippen LogP contribution in [0.25, 0.3) is 11.2 Å². The Balaban J connectivity index is 1.33. The number of nitrogens with one attached hydrogen (secondary N) is 1. The van der Waals surface area contributed by atoms with Crippen LogP contribution < -0.4 is 10.2 Å². The van der Waals surface area contributed by atoms with Crippen LogP contribution >= 0.6 is 0 Å². The summed E-state index contributed by atoms with van der Waals surface area (Å²) in [7, 11) is 3.64. The lowest BCUT2D eigenvalue weighted by molar-refractivity contribution is -0.202. The average molecular weight is 488 g/mol. The number of ether oxygens (including phenoxy) is 2. The standard InChI is InChI=1S/C25H41N7O3/c1-17(2)32-16-27-21-22(26-9-14-30-10-5-18(33)6-11-30)28-24(29-23(21)32)31-12-7-25(8-13-31)19(34-3)15-20(25)35-4/h16-20,33H,5-15H2,1-4H3,(H,26,28,29)/t19-,20+. The lowest BCUT2D eigenvalue weighted by Gasteiger charge is -2.57. The van der Waals surface area contributed by atoms with Gasteiger partial charge in [-0.2, -0.15) is 9.97 Å². The first-order valence-corrected chi connectivity index (χ1v) is 13.1. The zero-order valence-electron chi connectivity index (χ0n) is 21.6. The highest BCUT2D eigenvalue weighted by molar-refractivity contribution is 5.84. The maximum atomic E-state index is 9.77. The lowest BCUT2D eigenvalue weighted by atomic mass is 9.58. The van der Waals surface area contributed by atoms with Gasteiger partial charge < -0.3 is 34.3 Å². The molecule has 10 nitrogen and oxygen atoms in total. The van der Waals surface area contributed by atoms with Crippen LogP contribution in [0, 0.1) is 5.41 Å². The smallest absolute Gasteiger partial charge is 0.229 e. The van der Waals surface area contributed by atoms with E-state index in [2.05, 4.69) is 38.5 Å². The van der Waals surface area contributed by atoms with E-state index in [4.69, 9.17) is 19.4 Å². The summed E-state index contributed by atoms with van der Waals surface area (Å²) in [6.45, 7) is 9.65. The van der Waals surface area contributed by atoms with Gasteiger partial charge in [0, 0.05) is 71.4 Å². The van der Waals surface area contributed by atoms with Gasteiger partial charge in [-0.3, -0.25) is 0 Å². The second-order valence-electron chi connectivity index (χ2n) is 10.7. The van der Waals surface area contributed by atoms with Crippen molar-refractivity contribution in [2.75, 3.05) is 63.7 Å². The van der Waals surface area contributed by atoms with E-state index in [0.717, 1.165) is 94.3 Å². The molecule has 2 aromatic heterocycles. The fourth-order valence-electron chi connectivity index (χ4n) is 6.16. The number of likely N-dealkylation sites (tertiary alicyclic amines) is 1. The van der Waals surface area contributed by atoms with Gasteiger partial charge >= 0.3 is 0 Å². The van der Waals surface area contributed by atoms with Crippen molar-refractivity contribution < 1.29 is 14.6 Å². The van der Waals surface area contributed by atoms with Crippen LogP contribution in [0.4, 0.5) is 11.8 Å². The SMILES string of the molecule is CO[C@H]1C[C@@H](OC)C12CCN(c1nc(NCCN3CCC(O)CC3)c3ncn(C(C)C)c3n1)CC2. The Morgan fingerprint density at radius 1 is 1.09 bits per heavy atom. The van der Waals surface area contributed by atoms with Gasteiger partial charge in [0.15, 0.2) is 17.0 Å². The highest BCUT2D eigenvalue weighted by Gasteiger charge is 2.57. The minimum absolute atomic E-state index is 0.104. The molecule has 5 rings (SSSR count). The summed E-state index contributed by atoms with van der Waals surface area (Å²) in [6, 6.07) is 0.264. The number of nitrogens with zero attached hydrogens (tertiary/aromatic N) is 6. The first-order chi connectivity index (χ1) is 16.9. The minimum atomic E-state index is -0.148. The molecule has 10 heteroatoms. The van der Waals surface area contributed by atoms with Crippen LogP contribution in [-0.4, -0.2) is 101 Å². The average Bonchev–Trinajstić information content (AvgIpc) is 3.30. The van der Waals surface area contributed by atoms with E-state index in [1.165, 1.54) is 0 Å². The number of aromatic nitrogens is 4. The number of piperidine rings is 2. The molecule has 2 saturated heterocycles. The monoisotopic (exact) mass is 487 g/mol. The largest absolute Gasteiger partial charge is 0.393 e. The molecule has 0 aromatic carbocycles. The number of aliphatic hydroxyl groups is 1. The topological polar surface area (TPSA) is 101 Å². The maximum Gasteiger partial charge on any atom is 0.229 e. The molecular formula is C25H41N7O3. The molecule has 0 amide bonds. The third-order valence-corrected chi connectivity index (χ3v) is 8.50. The summed E-state index contributed by atoms with van der Waals surface area (Å²) in [5.74, 6) is 1.57. The first kappa shape index (κ1) is 24.7. The van der Waals surface area contributed by atoms with Gasteiger partial charge in [-0.15, -0.1) is 0 Å². The lowest BCUT2D eigenvalue weighted by Crippen LogP contribution is -2.62. The van der Waals surface area contributed by atoms with E-state index in [1.54, 1.807) is 0 Å². The Morgan fingerprint density at radius 2 is 1.77 bits per heavy atom. The normalized spacial score (nSPS) is 25.5. The molecule has 4 heterocycles. The minimum Gasteiger partial charge on any atom is -0.393 e. The highest BCUT2D eigenvalue weighted by Crippen LogP contribution is 2.52. The molecule has 2 aromatic rings. The third-order valence-electron chi connectivity index (χ3n) is 8.50. The van der Waals surface area contributed by atoms with Crippen LogP contribution in [0.5, 0.6) is 0 Å². The Bertz CT molecular complexity index is 984. The molecule has 3 aliphatic rings. The Morgan fingerprint density at radius 3 is 2.40 bits per heavy atom. The predicted octanol–water partition coefficient (Wildman–Crippen LogP) is 2.30. The Kier molecular flexibility index (Phi) is 7.16. The van der Waals surface area contributed by atoms with Gasteiger partial charge in [0.05, 0.1) is 24.6 Å². The molecule has 1 aliphatic carbocycles. The predicted molar refractivity (Wildman–Crippen MR) is 136 cm³/mol. The summed E-state index contributed by atoms with van der Waals surface area (Å²) in [6.07, 6.45) is 6.98. The van der Waals surface area contributed by atoms with Crippen LogP contribution in [0.1, 0.15) is 52.0 Å². The molecule has 2 atom stereocenters. The maximum absolute atomic E-state index is 9.77. The number of methoxy groups -OCH3 is 2. The molecule has 194 valence electrons. The quantitative estimate of drug-likeness (QED) is 0.581. The van der Waals surface area contributed by atoms with Crippen molar-refractivity contribution in [2.45, 2.75) is 70.3 Å². The van der Waals surface area contributed by atoms with Crippen LogP contribution in [0.15, 0.2) is 6.33 Å². The van der Waals surface area contributed by atoms with Crippen molar-refractivity contribution in [1.29, 1.82) is 0 Å².